The SMILES string of the molecule is C[C@H](C1CC1)N(Cc1ccccc1)Cc1nnc2n(C)c(=O)c3sccc3n12. The van der Waals surface area contributed by atoms with Crippen LogP contribution in [0.5, 0.6) is 0 Å². The van der Waals surface area contributed by atoms with Crippen LogP contribution in [0.4, 0.5) is 0 Å². The van der Waals surface area contributed by atoms with E-state index >= 15 is 0 Å². The topological polar surface area (TPSA) is 55.4 Å². The van der Waals surface area contributed by atoms with Crippen LogP contribution in [0.1, 0.15) is 31.2 Å². The van der Waals surface area contributed by atoms with Gasteiger partial charge in [-0.1, -0.05) is 30.3 Å². The fraction of sp³-hybridized carbons (Fsp3) is 0.381. The molecule has 0 amide bonds. The lowest BCUT2D eigenvalue weighted by Gasteiger charge is -2.28. The van der Waals surface area contributed by atoms with E-state index in [4.69, 9.17) is 0 Å². The normalized spacial score (nSPS) is 15.7. The first-order valence-corrected chi connectivity index (χ1v) is 10.6. The second-order valence-electron chi connectivity index (χ2n) is 7.72. The van der Waals surface area contributed by atoms with Gasteiger partial charge in [0.05, 0.1) is 12.1 Å². The van der Waals surface area contributed by atoms with E-state index in [0.717, 1.165) is 28.5 Å². The first kappa shape index (κ1) is 17.6. The van der Waals surface area contributed by atoms with E-state index in [2.05, 4.69) is 52.4 Å². The van der Waals surface area contributed by atoms with Gasteiger partial charge in [0.2, 0.25) is 5.78 Å². The lowest BCUT2D eigenvalue weighted by atomic mass is 10.1. The van der Waals surface area contributed by atoms with Gasteiger partial charge in [0.15, 0.2) is 5.82 Å². The number of thiophene rings is 1. The number of hydrogen-bond donors (Lipinski definition) is 0. The third-order valence-corrected chi connectivity index (χ3v) is 6.74. The first-order valence-electron chi connectivity index (χ1n) is 9.71. The van der Waals surface area contributed by atoms with Crippen LogP contribution in [-0.4, -0.2) is 30.1 Å². The highest BCUT2D eigenvalue weighted by molar-refractivity contribution is 7.17. The maximum absolute atomic E-state index is 12.6. The van der Waals surface area contributed by atoms with Crippen molar-refractivity contribution in [3.05, 3.63) is 63.5 Å². The molecule has 4 aromatic rings. The average molecular weight is 394 g/mol. The number of aryl methyl sites for hydroxylation is 1. The van der Waals surface area contributed by atoms with Gasteiger partial charge < -0.3 is 0 Å². The van der Waals surface area contributed by atoms with Gasteiger partial charge in [-0.15, -0.1) is 21.5 Å². The Labute approximate surface area is 167 Å². The predicted octanol–water partition coefficient (Wildman–Crippen LogP) is 3.44. The van der Waals surface area contributed by atoms with Gasteiger partial charge in [-0.05, 0) is 42.7 Å². The molecule has 0 unspecified atom stereocenters. The Hall–Kier alpha value is -2.51. The van der Waals surface area contributed by atoms with E-state index in [1.807, 2.05) is 15.8 Å². The molecule has 144 valence electrons. The number of benzene rings is 1. The Morgan fingerprint density at radius 1 is 1.18 bits per heavy atom. The summed E-state index contributed by atoms with van der Waals surface area (Å²) < 4.78 is 4.40. The summed E-state index contributed by atoms with van der Waals surface area (Å²) >= 11 is 1.47. The zero-order chi connectivity index (χ0) is 19.3. The van der Waals surface area contributed by atoms with Crippen LogP contribution in [-0.2, 0) is 20.1 Å². The molecular weight excluding hydrogens is 370 g/mol. The molecule has 3 heterocycles. The highest BCUT2D eigenvalue weighted by atomic mass is 32.1. The molecule has 0 N–H and O–H groups in total. The number of aromatic nitrogens is 4. The predicted molar refractivity (Wildman–Crippen MR) is 111 cm³/mol. The van der Waals surface area contributed by atoms with Gasteiger partial charge in [-0.25, -0.2) is 0 Å². The molecule has 1 aromatic carbocycles. The number of hydrogen-bond acceptors (Lipinski definition) is 5. The second kappa shape index (κ2) is 6.83. The molecule has 1 fully saturated rings. The Morgan fingerprint density at radius 2 is 1.96 bits per heavy atom. The Bertz CT molecular complexity index is 1190. The van der Waals surface area contributed by atoms with Crippen molar-refractivity contribution in [1.82, 2.24) is 24.1 Å². The number of fused-ring (bicyclic) bond motifs is 3. The lowest BCUT2D eigenvalue weighted by Crippen LogP contribution is -2.34. The van der Waals surface area contributed by atoms with Crippen LogP contribution >= 0.6 is 11.3 Å². The zero-order valence-corrected chi connectivity index (χ0v) is 16.9. The van der Waals surface area contributed by atoms with Crippen molar-refractivity contribution in [2.45, 2.75) is 38.9 Å². The lowest BCUT2D eigenvalue weighted by molar-refractivity contribution is 0.167. The summed E-state index contributed by atoms with van der Waals surface area (Å²) in [7, 11) is 1.77. The molecule has 0 saturated heterocycles. The van der Waals surface area contributed by atoms with Crippen molar-refractivity contribution in [1.29, 1.82) is 0 Å². The molecule has 28 heavy (non-hydrogen) atoms. The summed E-state index contributed by atoms with van der Waals surface area (Å²) in [5.74, 6) is 2.25. The largest absolute Gasteiger partial charge is 0.289 e. The van der Waals surface area contributed by atoms with Crippen LogP contribution in [0, 0.1) is 5.92 Å². The van der Waals surface area contributed by atoms with Gasteiger partial charge in [0.25, 0.3) is 5.56 Å². The highest BCUT2D eigenvalue weighted by Crippen LogP contribution is 2.36. The maximum Gasteiger partial charge on any atom is 0.272 e. The van der Waals surface area contributed by atoms with Gasteiger partial charge in [-0.2, -0.15) is 0 Å². The summed E-state index contributed by atoms with van der Waals surface area (Å²) in [6.07, 6.45) is 2.60. The maximum atomic E-state index is 12.6. The molecule has 3 aromatic heterocycles. The zero-order valence-electron chi connectivity index (χ0n) is 16.1. The Morgan fingerprint density at radius 3 is 2.71 bits per heavy atom. The summed E-state index contributed by atoms with van der Waals surface area (Å²) in [6.45, 7) is 3.91. The molecule has 6 nitrogen and oxygen atoms in total. The number of rotatable bonds is 6. The van der Waals surface area contributed by atoms with Crippen LogP contribution in [0.2, 0.25) is 0 Å². The smallest absolute Gasteiger partial charge is 0.272 e. The van der Waals surface area contributed by atoms with E-state index in [1.165, 1.54) is 29.7 Å². The second-order valence-corrected chi connectivity index (χ2v) is 8.64. The Balaban J connectivity index is 1.57. The monoisotopic (exact) mass is 393 g/mol. The Kier molecular flexibility index (Phi) is 4.29. The van der Waals surface area contributed by atoms with Gasteiger partial charge in [0, 0.05) is 19.6 Å². The van der Waals surface area contributed by atoms with E-state index in [0.29, 0.717) is 18.4 Å². The van der Waals surface area contributed by atoms with Crippen molar-refractivity contribution in [3.63, 3.8) is 0 Å². The molecule has 5 rings (SSSR count). The quantitative estimate of drug-likeness (QED) is 0.504. The minimum Gasteiger partial charge on any atom is -0.289 e. The van der Waals surface area contributed by atoms with Crippen molar-refractivity contribution in [2.24, 2.45) is 13.0 Å². The summed E-state index contributed by atoms with van der Waals surface area (Å²) in [6, 6.07) is 13.1. The molecule has 0 spiro atoms. The molecule has 0 radical (unpaired) electrons. The van der Waals surface area contributed by atoms with Gasteiger partial charge in [0.1, 0.15) is 4.70 Å². The van der Waals surface area contributed by atoms with E-state index in [1.54, 1.807) is 11.6 Å². The van der Waals surface area contributed by atoms with Crippen LogP contribution < -0.4 is 5.56 Å². The highest BCUT2D eigenvalue weighted by Gasteiger charge is 2.33. The molecular formula is C21H23N5OS. The molecule has 1 aliphatic carbocycles. The van der Waals surface area contributed by atoms with Crippen molar-refractivity contribution >= 4 is 27.3 Å². The molecule has 1 aliphatic rings. The van der Waals surface area contributed by atoms with E-state index in [9.17, 15) is 4.79 Å². The summed E-state index contributed by atoms with van der Waals surface area (Å²) in [5.41, 5.74) is 2.20. The third-order valence-electron chi connectivity index (χ3n) is 5.85. The molecule has 1 atom stereocenters. The fourth-order valence-electron chi connectivity index (χ4n) is 3.98. The summed E-state index contributed by atoms with van der Waals surface area (Å²) in [4.78, 5) is 15.1. The average Bonchev–Trinajstić information content (AvgIpc) is 3.30. The standard InChI is InChI=1S/C21H23N5OS/c1-14(16-8-9-16)25(12-15-6-4-3-5-7-15)13-18-22-23-21-24(2)20(27)19-17(26(18)21)10-11-28-19/h3-7,10-11,14,16H,8-9,12-13H2,1-2H3/t14-/m1/s1. The van der Waals surface area contributed by atoms with Gasteiger partial charge >= 0.3 is 0 Å². The molecule has 0 bridgehead atoms. The first-order chi connectivity index (χ1) is 13.6. The van der Waals surface area contributed by atoms with Gasteiger partial charge in [-0.3, -0.25) is 18.7 Å². The molecule has 0 aliphatic heterocycles. The van der Waals surface area contributed by atoms with Crippen LogP contribution in [0.15, 0.2) is 46.6 Å². The summed E-state index contributed by atoms with van der Waals surface area (Å²) in [5, 5.41) is 10.8. The molecule has 7 heteroatoms. The fourth-order valence-corrected chi connectivity index (χ4v) is 4.83. The van der Waals surface area contributed by atoms with E-state index < -0.39 is 0 Å². The minimum atomic E-state index is -0.0102. The van der Waals surface area contributed by atoms with Crippen molar-refractivity contribution < 1.29 is 0 Å². The van der Waals surface area contributed by atoms with Crippen LogP contribution in [0.3, 0.4) is 0 Å². The molecule has 1 saturated carbocycles. The number of nitrogens with zero attached hydrogens (tertiary/aromatic N) is 5. The van der Waals surface area contributed by atoms with Crippen molar-refractivity contribution in [2.75, 3.05) is 0 Å². The van der Waals surface area contributed by atoms with Crippen LogP contribution in [0.25, 0.3) is 16.0 Å². The third kappa shape index (κ3) is 2.95. The van der Waals surface area contributed by atoms with Crippen molar-refractivity contribution in [3.8, 4) is 0 Å². The minimum absolute atomic E-state index is 0.0102. The van der Waals surface area contributed by atoms with E-state index in [-0.39, 0.29) is 5.56 Å².